The average molecular weight is 344 g/mol. The van der Waals surface area contributed by atoms with Crippen LogP contribution < -0.4 is 25.7 Å². The summed E-state index contributed by atoms with van der Waals surface area (Å²) < 4.78 is 15.8. The third-order valence-corrected chi connectivity index (χ3v) is 3.47. The normalized spacial score (nSPS) is 11.2. The van der Waals surface area contributed by atoms with Crippen LogP contribution in [-0.4, -0.2) is 36.4 Å². The van der Waals surface area contributed by atoms with Crippen LogP contribution in [0.15, 0.2) is 12.1 Å². The molecule has 25 heavy (non-hydrogen) atoms. The minimum Gasteiger partial charge on any atom is -0.493 e. The first-order valence-corrected chi connectivity index (χ1v) is 7.30. The van der Waals surface area contributed by atoms with Crippen LogP contribution in [0.5, 0.6) is 17.2 Å². The smallest absolute Gasteiger partial charge is 0.222 e. The SMILES string of the molecule is COc1cc([C@@H](O)C#Cc2c(C)nc(N)nc2N)cc(OC)c1OC. The van der Waals surface area contributed by atoms with E-state index in [2.05, 4.69) is 21.8 Å². The monoisotopic (exact) mass is 344 g/mol. The molecule has 0 unspecified atom stereocenters. The number of hydrogen-bond donors (Lipinski definition) is 3. The van der Waals surface area contributed by atoms with Crippen LogP contribution in [0.25, 0.3) is 0 Å². The van der Waals surface area contributed by atoms with Gasteiger partial charge in [0.25, 0.3) is 0 Å². The van der Waals surface area contributed by atoms with Crippen molar-refractivity contribution in [1.82, 2.24) is 9.97 Å². The number of aliphatic hydroxyl groups is 1. The number of aliphatic hydroxyl groups excluding tert-OH is 1. The second-order valence-corrected chi connectivity index (χ2v) is 5.06. The second-order valence-electron chi connectivity index (χ2n) is 5.06. The van der Waals surface area contributed by atoms with Gasteiger partial charge in [-0.1, -0.05) is 11.8 Å². The molecule has 1 aromatic heterocycles. The van der Waals surface area contributed by atoms with Crippen LogP contribution in [0, 0.1) is 18.8 Å². The Morgan fingerprint density at radius 3 is 2.12 bits per heavy atom. The first-order valence-electron chi connectivity index (χ1n) is 7.30. The number of rotatable bonds is 4. The summed E-state index contributed by atoms with van der Waals surface area (Å²) in [5.41, 5.74) is 12.8. The summed E-state index contributed by atoms with van der Waals surface area (Å²) in [6, 6.07) is 3.24. The lowest BCUT2D eigenvalue weighted by Gasteiger charge is -2.15. The van der Waals surface area contributed by atoms with Gasteiger partial charge in [-0.15, -0.1) is 0 Å². The number of nitrogens with two attached hydrogens (primary N) is 2. The zero-order chi connectivity index (χ0) is 18.6. The van der Waals surface area contributed by atoms with Crippen molar-refractivity contribution >= 4 is 11.8 Å². The summed E-state index contributed by atoms with van der Waals surface area (Å²) in [4.78, 5) is 7.87. The van der Waals surface area contributed by atoms with E-state index in [1.54, 1.807) is 19.1 Å². The fraction of sp³-hybridized carbons (Fsp3) is 0.294. The standard InChI is InChI=1S/C17H20N4O4/c1-9-11(16(18)21-17(19)20-9)5-6-12(22)10-7-13(23-2)15(25-4)14(8-10)24-3/h7-8,12,22H,1-4H3,(H4,18,19,20,21)/t12-/m0/s1. The molecule has 0 radical (unpaired) electrons. The van der Waals surface area contributed by atoms with Crippen LogP contribution in [-0.2, 0) is 0 Å². The van der Waals surface area contributed by atoms with Gasteiger partial charge >= 0.3 is 0 Å². The van der Waals surface area contributed by atoms with Gasteiger partial charge in [0, 0.05) is 5.56 Å². The molecule has 0 fully saturated rings. The number of nitrogen functional groups attached to an aromatic ring is 2. The molecule has 0 saturated heterocycles. The van der Waals surface area contributed by atoms with Gasteiger partial charge in [0.2, 0.25) is 11.7 Å². The Balaban J connectivity index is 2.42. The van der Waals surface area contributed by atoms with Crippen LogP contribution in [0.2, 0.25) is 0 Å². The van der Waals surface area contributed by atoms with Crippen LogP contribution in [0.3, 0.4) is 0 Å². The topological polar surface area (TPSA) is 126 Å². The lowest BCUT2D eigenvalue weighted by Crippen LogP contribution is -2.05. The van der Waals surface area contributed by atoms with Gasteiger partial charge in [-0.2, -0.15) is 4.98 Å². The van der Waals surface area contributed by atoms with E-state index in [1.807, 2.05) is 0 Å². The summed E-state index contributed by atoms with van der Waals surface area (Å²) in [6.07, 6.45) is -1.11. The number of aromatic nitrogens is 2. The lowest BCUT2D eigenvalue weighted by atomic mass is 10.1. The van der Waals surface area contributed by atoms with E-state index in [-0.39, 0.29) is 11.8 Å². The van der Waals surface area contributed by atoms with Crippen molar-refractivity contribution in [3.63, 3.8) is 0 Å². The molecule has 0 aliphatic carbocycles. The molecular weight excluding hydrogens is 324 g/mol. The Hall–Kier alpha value is -3.18. The van der Waals surface area contributed by atoms with Crippen LogP contribution in [0.4, 0.5) is 11.8 Å². The van der Waals surface area contributed by atoms with E-state index >= 15 is 0 Å². The molecule has 0 amide bonds. The molecule has 0 bridgehead atoms. The van der Waals surface area contributed by atoms with E-state index in [4.69, 9.17) is 25.7 Å². The molecule has 5 N–H and O–H groups in total. The van der Waals surface area contributed by atoms with Crippen LogP contribution in [0.1, 0.15) is 22.9 Å². The maximum Gasteiger partial charge on any atom is 0.222 e. The van der Waals surface area contributed by atoms with Crippen molar-refractivity contribution in [3.05, 3.63) is 29.0 Å². The summed E-state index contributed by atoms with van der Waals surface area (Å²) in [5.74, 6) is 7.01. The molecule has 8 heteroatoms. The number of ether oxygens (including phenoxy) is 3. The predicted molar refractivity (Wildman–Crippen MR) is 93.5 cm³/mol. The van der Waals surface area contributed by atoms with E-state index in [0.29, 0.717) is 34.1 Å². The van der Waals surface area contributed by atoms with Gasteiger partial charge in [0.1, 0.15) is 11.9 Å². The van der Waals surface area contributed by atoms with Crippen molar-refractivity contribution in [2.45, 2.75) is 13.0 Å². The van der Waals surface area contributed by atoms with Crippen molar-refractivity contribution < 1.29 is 19.3 Å². The van der Waals surface area contributed by atoms with Gasteiger partial charge in [-0.3, -0.25) is 0 Å². The highest BCUT2D eigenvalue weighted by Crippen LogP contribution is 2.39. The largest absolute Gasteiger partial charge is 0.493 e. The van der Waals surface area contributed by atoms with E-state index in [0.717, 1.165) is 0 Å². The molecule has 0 spiro atoms. The van der Waals surface area contributed by atoms with Gasteiger partial charge in [0.15, 0.2) is 11.5 Å². The quantitative estimate of drug-likeness (QED) is 0.703. The van der Waals surface area contributed by atoms with E-state index < -0.39 is 6.10 Å². The maximum atomic E-state index is 10.4. The van der Waals surface area contributed by atoms with Crippen LogP contribution >= 0.6 is 0 Å². The lowest BCUT2D eigenvalue weighted by molar-refractivity contribution is 0.236. The molecule has 1 aromatic carbocycles. The number of hydrogen-bond acceptors (Lipinski definition) is 8. The third-order valence-electron chi connectivity index (χ3n) is 3.47. The molecule has 1 atom stereocenters. The second kappa shape index (κ2) is 7.59. The van der Waals surface area contributed by atoms with E-state index in [1.165, 1.54) is 21.3 Å². The number of anilines is 2. The number of nitrogens with zero attached hydrogens (tertiary/aromatic N) is 2. The summed E-state index contributed by atoms with van der Waals surface area (Å²) in [5, 5.41) is 10.4. The summed E-state index contributed by atoms with van der Waals surface area (Å²) >= 11 is 0. The Kier molecular flexibility index (Phi) is 5.52. The Bertz CT molecular complexity index is 794. The molecule has 0 aliphatic rings. The molecule has 8 nitrogen and oxygen atoms in total. The molecule has 0 saturated carbocycles. The zero-order valence-corrected chi connectivity index (χ0v) is 14.5. The number of aryl methyl sites for hydroxylation is 1. The fourth-order valence-electron chi connectivity index (χ4n) is 2.25. The minimum atomic E-state index is -1.11. The Labute approximate surface area is 145 Å². The fourth-order valence-corrected chi connectivity index (χ4v) is 2.25. The molecule has 0 aliphatic heterocycles. The molecular formula is C17H20N4O4. The van der Waals surface area contributed by atoms with Gasteiger partial charge in [0.05, 0.1) is 32.6 Å². The van der Waals surface area contributed by atoms with Gasteiger partial charge in [-0.25, -0.2) is 4.98 Å². The number of benzene rings is 1. The summed E-state index contributed by atoms with van der Waals surface area (Å²) in [6.45, 7) is 1.71. The molecule has 2 aromatic rings. The zero-order valence-electron chi connectivity index (χ0n) is 14.5. The number of methoxy groups -OCH3 is 3. The molecule has 132 valence electrons. The predicted octanol–water partition coefficient (Wildman–Crippen LogP) is 1.06. The van der Waals surface area contributed by atoms with Crippen molar-refractivity contribution in [3.8, 4) is 29.1 Å². The van der Waals surface area contributed by atoms with Crippen molar-refractivity contribution in [2.24, 2.45) is 0 Å². The highest BCUT2D eigenvalue weighted by molar-refractivity contribution is 5.57. The Morgan fingerprint density at radius 2 is 1.64 bits per heavy atom. The highest BCUT2D eigenvalue weighted by Gasteiger charge is 2.16. The maximum absolute atomic E-state index is 10.4. The molecule has 2 rings (SSSR count). The van der Waals surface area contributed by atoms with Crippen molar-refractivity contribution in [2.75, 3.05) is 32.8 Å². The van der Waals surface area contributed by atoms with E-state index in [9.17, 15) is 5.11 Å². The molecule has 1 heterocycles. The van der Waals surface area contributed by atoms with Crippen molar-refractivity contribution in [1.29, 1.82) is 0 Å². The average Bonchev–Trinajstić information content (AvgIpc) is 2.59. The highest BCUT2D eigenvalue weighted by atomic mass is 16.5. The third kappa shape index (κ3) is 3.84. The first-order chi connectivity index (χ1) is 11.9. The first kappa shape index (κ1) is 18.2. The summed E-state index contributed by atoms with van der Waals surface area (Å²) in [7, 11) is 4.49. The Morgan fingerprint density at radius 1 is 1.04 bits per heavy atom. The van der Waals surface area contributed by atoms with Gasteiger partial charge in [-0.05, 0) is 19.1 Å². The van der Waals surface area contributed by atoms with Gasteiger partial charge < -0.3 is 30.8 Å². The minimum absolute atomic E-state index is 0.0747.